The molecule has 66 valence electrons. The highest BCUT2D eigenvalue weighted by molar-refractivity contribution is 6.31. The van der Waals surface area contributed by atoms with Crippen LogP contribution in [0.3, 0.4) is 0 Å². The minimum atomic E-state index is -0.143. The monoisotopic (exact) mass is 225 g/mol. The van der Waals surface area contributed by atoms with Gasteiger partial charge in [-0.25, -0.2) is 4.98 Å². The predicted molar refractivity (Wildman–Crippen MR) is 51.5 cm³/mol. The van der Waals surface area contributed by atoms with Crippen molar-refractivity contribution >= 4 is 41.4 Å². The molecular weight excluding hydrogens is 220 g/mol. The third-order valence-electron chi connectivity index (χ3n) is 1.17. The van der Waals surface area contributed by atoms with Crippen LogP contribution in [0.15, 0.2) is 18.3 Å². The summed E-state index contributed by atoms with van der Waals surface area (Å²) in [7, 11) is 0. The Bertz CT molecular complexity index is 260. The minimum Gasteiger partial charge on any atom is -0.293 e. The van der Waals surface area contributed by atoms with Gasteiger partial charge >= 0.3 is 0 Å². The van der Waals surface area contributed by atoms with Crippen LogP contribution in [0.5, 0.6) is 0 Å². The molecule has 0 spiro atoms. The lowest BCUT2D eigenvalue weighted by Crippen LogP contribution is -1.99. The van der Waals surface area contributed by atoms with E-state index in [-0.39, 0.29) is 24.1 Å². The van der Waals surface area contributed by atoms with E-state index in [1.165, 1.54) is 6.20 Å². The van der Waals surface area contributed by atoms with Crippen LogP contribution in [0, 0.1) is 0 Å². The zero-order valence-electron chi connectivity index (χ0n) is 5.96. The number of alkyl halides is 1. The third-order valence-corrected chi connectivity index (χ3v) is 1.64. The van der Waals surface area contributed by atoms with Crippen molar-refractivity contribution in [1.82, 2.24) is 4.98 Å². The van der Waals surface area contributed by atoms with Crippen molar-refractivity contribution in [3.63, 3.8) is 0 Å². The molecule has 0 N–H and O–H groups in total. The zero-order chi connectivity index (χ0) is 8.27. The Morgan fingerprint density at radius 2 is 2.17 bits per heavy atom. The van der Waals surface area contributed by atoms with Crippen molar-refractivity contribution in [2.75, 3.05) is 5.88 Å². The predicted octanol–water partition coefficient (Wildman–Crippen LogP) is 2.58. The van der Waals surface area contributed by atoms with Crippen LogP contribution in [-0.2, 0) is 0 Å². The number of carbonyl (C=O) groups is 1. The summed E-state index contributed by atoms with van der Waals surface area (Å²) in [6.45, 7) is 0. The molecule has 0 aliphatic carbocycles. The fourth-order valence-electron chi connectivity index (χ4n) is 0.618. The van der Waals surface area contributed by atoms with Gasteiger partial charge in [-0.1, -0.05) is 11.6 Å². The van der Waals surface area contributed by atoms with E-state index in [1.807, 2.05) is 0 Å². The lowest BCUT2D eigenvalue weighted by atomic mass is 10.2. The molecule has 0 atom stereocenters. The van der Waals surface area contributed by atoms with Gasteiger partial charge in [0.15, 0.2) is 5.78 Å². The van der Waals surface area contributed by atoms with Gasteiger partial charge in [-0.15, -0.1) is 24.0 Å². The molecule has 5 heteroatoms. The van der Waals surface area contributed by atoms with Gasteiger partial charge in [0.25, 0.3) is 0 Å². The van der Waals surface area contributed by atoms with Gasteiger partial charge in [0.05, 0.1) is 5.88 Å². The van der Waals surface area contributed by atoms with Crippen molar-refractivity contribution in [2.24, 2.45) is 0 Å². The molecule has 1 rings (SSSR count). The number of rotatable bonds is 2. The summed E-state index contributed by atoms with van der Waals surface area (Å²) < 4.78 is 0. The van der Waals surface area contributed by atoms with E-state index in [4.69, 9.17) is 23.2 Å². The average molecular weight is 226 g/mol. The summed E-state index contributed by atoms with van der Waals surface area (Å²) in [5, 5.41) is 0.371. The number of Topliss-reactive ketones (excluding diaryl/α,β-unsaturated/α-hetero) is 1. The minimum absolute atomic E-state index is 0. The Hall–Kier alpha value is -0.310. The van der Waals surface area contributed by atoms with Gasteiger partial charge in [-0.2, -0.15) is 0 Å². The summed E-state index contributed by atoms with van der Waals surface area (Å²) >= 11 is 10.8. The van der Waals surface area contributed by atoms with Crippen LogP contribution in [0.2, 0.25) is 5.15 Å². The maximum absolute atomic E-state index is 10.9. The second kappa shape index (κ2) is 5.36. The fourth-order valence-corrected chi connectivity index (χ4v) is 0.884. The molecule has 0 aliphatic rings. The summed E-state index contributed by atoms with van der Waals surface area (Å²) in [4.78, 5) is 14.6. The third kappa shape index (κ3) is 2.97. The molecule has 0 saturated heterocycles. The first kappa shape index (κ1) is 11.7. The zero-order valence-corrected chi connectivity index (χ0v) is 8.29. The van der Waals surface area contributed by atoms with E-state index < -0.39 is 0 Å². The summed E-state index contributed by atoms with van der Waals surface area (Å²) in [5.41, 5.74) is 0.490. The largest absolute Gasteiger partial charge is 0.293 e. The Balaban J connectivity index is 0.00000121. The second-order valence-electron chi connectivity index (χ2n) is 1.93. The van der Waals surface area contributed by atoms with Crippen LogP contribution in [0.25, 0.3) is 0 Å². The highest BCUT2D eigenvalue weighted by atomic mass is 35.5. The van der Waals surface area contributed by atoms with Gasteiger partial charge in [0, 0.05) is 11.8 Å². The number of hydrogen-bond donors (Lipinski definition) is 0. The second-order valence-corrected chi connectivity index (χ2v) is 2.58. The first-order valence-corrected chi connectivity index (χ1v) is 3.86. The topological polar surface area (TPSA) is 30.0 Å². The van der Waals surface area contributed by atoms with Crippen molar-refractivity contribution in [3.8, 4) is 0 Å². The molecule has 0 radical (unpaired) electrons. The van der Waals surface area contributed by atoms with Crippen LogP contribution in [0.4, 0.5) is 0 Å². The highest BCUT2D eigenvalue weighted by Crippen LogP contribution is 2.06. The molecule has 0 aliphatic heterocycles. The number of ketones is 1. The molecular formula is C7H6Cl3NO. The van der Waals surface area contributed by atoms with E-state index in [9.17, 15) is 4.79 Å². The fraction of sp³-hybridized carbons (Fsp3) is 0.143. The molecule has 0 saturated carbocycles. The Morgan fingerprint density at radius 1 is 1.50 bits per heavy atom. The number of halogens is 3. The highest BCUT2D eigenvalue weighted by Gasteiger charge is 2.02. The summed E-state index contributed by atoms with van der Waals surface area (Å²) in [5.74, 6) is -0.167. The normalized spacial score (nSPS) is 8.83. The molecule has 1 aromatic rings. The van der Waals surface area contributed by atoms with Gasteiger partial charge < -0.3 is 0 Å². The Labute approximate surface area is 86.3 Å². The Morgan fingerprint density at radius 3 is 2.58 bits per heavy atom. The van der Waals surface area contributed by atoms with Crippen LogP contribution in [-0.4, -0.2) is 16.6 Å². The molecule has 0 amide bonds. The number of nitrogens with zero attached hydrogens (tertiary/aromatic N) is 1. The maximum atomic E-state index is 10.9. The molecule has 0 aromatic carbocycles. The van der Waals surface area contributed by atoms with Crippen molar-refractivity contribution in [3.05, 3.63) is 29.0 Å². The van der Waals surface area contributed by atoms with E-state index in [1.54, 1.807) is 12.1 Å². The van der Waals surface area contributed by atoms with E-state index >= 15 is 0 Å². The van der Waals surface area contributed by atoms with Gasteiger partial charge in [-0.3, -0.25) is 4.79 Å². The molecule has 12 heavy (non-hydrogen) atoms. The van der Waals surface area contributed by atoms with Crippen LogP contribution >= 0.6 is 35.6 Å². The van der Waals surface area contributed by atoms with Crippen LogP contribution < -0.4 is 0 Å². The first-order valence-electron chi connectivity index (χ1n) is 2.95. The van der Waals surface area contributed by atoms with Gasteiger partial charge in [0.2, 0.25) is 0 Å². The van der Waals surface area contributed by atoms with E-state index in [0.717, 1.165) is 0 Å². The van der Waals surface area contributed by atoms with Crippen molar-refractivity contribution in [2.45, 2.75) is 0 Å². The number of aromatic nitrogens is 1. The Kier molecular flexibility index (Phi) is 5.22. The van der Waals surface area contributed by atoms with Gasteiger partial charge in [0.1, 0.15) is 5.15 Å². The van der Waals surface area contributed by atoms with Gasteiger partial charge in [-0.05, 0) is 12.1 Å². The molecule has 1 aromatic heterocycles. The van der Waals surface area contributed by atoms with E-state index in [2.05, 4.69) is 4.98 Å². The smallest absolute Gasteiger partial charge is 0.179 e. The summed E-state index contributed by atoms with van der Waals surface area (Å²) in [6.07, 6.45) is 1.41. The molecule has 0 unspecified atom stereocenters. The standard InChI is InChI=1S/C7H5Cl2NO.ClH/c8-3-6(11)5-1-2-7(9)10-4-5;/h1-2,4H,3H2;1H. The van der Waals surface area contributed by atoms with Crippen molar-refractivity contribution in [1.29, 1.82) is 0 Å². The molecule has 2 nitrogen and oxygen atoms in total. The molecule has 1 heterocycles. The lowest BCUT2D eigenvalue weighted by molar-refractivity contribution is 0.102. The first-order chi connectivity index (χ1) is 5.24. The molecule has 0 fully saturated rings. The number of pyridine rings is 1. The SMILES string of the molecule is Cl.O=C(CCl)c1ccc(Cl)nc1. The van der Waals surface area contributed by atoms with Crippen molar-refractivity contribution < 1.29 is 4.79 Å². The van der Waals surface area contributed by atoms with Crippen LogP contribution in [0.1, 0.15) is 10.4 Å². The lowest BCUT2D eigenvalue weighted by Gasteiger charge is -1.94. The number of hydrogen-bond acceptors (Lipinski definition) is 2. The molecule has 0 bridgehead atoms. The quantitative estimate of drug-likeness (QED) is 0.441. The van der Waals surface area contributed by atoms with E-state index in [0.29, 0.717) is 10.7 Å². The average Bonchev–Trinajstić information content (AvgIpc) is 2.05. The summed E-state index contributed by atoms with van der Waals surface area (Å²) in [6, 6.07) is 3.15. The number of carbonyl (C=O) groups excluding carboxylic acids is 1. The maximum Gasteiger partial charge on any atom is 0.179 e.